The Bertz CT molecular complexity index is 268. The number of hydrogen-bond donors (Lipinski definition) is 4. The molecule has 8 nitrogen and oxygen atoms in total. The molecule has 0 atom stereocenters. The van der Waals surface area contributed by atoms with Crippen molar-refractivity contribution in [3.63, 3.8) is 0 Å². The number of aliphatic hydroxyl groups is 4. The summed E-state index contributed by atoms with van der Waals surface area (Å²) in [5.74, 6) is 0.0292. The lowest BCUT2D eigenvalue weighted by Gasteiger charge is -2.20. The van der Waals surface area contributed by atoms with Crippen molar-refractivity contribution in [1.82, 2.24) is 9.80 Å². The first-order valence-electron chi connectivity index (χ1n) is 9.01. The van der Waals surface area contributed by atoms with Gasteiger partial charge in [-0.2, -0.15) is 0 Å². The lowest BCUT2D eigenvalue weighted by Crippen LogP contribution is -2.35. The Morgan fingerprint density at radius 3 is 1.60 bits per heavy atom. The van der Waals surface area contributed by atoms with E-state index in [-0.39, 0.29) is 32.3 Å². The molecule has 0 bridgehead atoms. The Balaban J connectivity index is -0.000000380. The molecule has 0 heterocycles. The number of unbranched alkanes of at least 4 members (excludes halogenated alkanes) is 2. The zero-order valence-corrected chi connectivity index (χ0v) is 16.1. The highest BCUT2D eigenvalue weighted by molar-refractivity contribution is 5.76. The van der Waals surface area contributed by atoms with Crippen molar-refractivity contribution in [3.8, 4) is 0 Å². The molecule has 8 heteroatoms. The van der Waals surface area contributed by atoms with Gasteiger partial charge in [0.15, 0.2) is 0 Å². The van der Waals surface area contributed by atoms with Gasteiger partial charge in [-0.1, -0.05) is 33.6 Å². The van der Waals surface area contributed by atoms with E-state index in [0.29, 0.717) is 39.0 Å². The van der Waals surface area contributed by atoms with Crippen molar-refractivity contribution in [2.24, 2.45) is 0 Å². The van der Waals surface area contributed by atoms with Gasteiger partial charge in [-0.15, -0.1) is 0 Å². The van der Waals surface area contributed by atoms with E-state index in [9.17, 15) is 9.59 Å². The summed E-state index contributed by atoms with van der Waals surface area (Å²) in [6, 6.07) is 0. The van der Waals surface area contributed by atoms with E-state index in [1.54, 1.807) is 0 Å². The quantitative estimate of drug-likeness (QED) is 0.265. The monoisotopic (exact) mass is 366 g/mol. The fourth-order valence-electron chi connectivity index (χ4n) is 1.76. The molecule has 0 radical (unpaired) electrons. The number of nitrogens with zero attached hydrogens (tertiary/aromatic N) is 2. The van der Waals surface area contributed by atoms with Crippen molar-refractivity contribution in [2.45, 2.75) is 46.5 Å². The summed E-state index contributed by atoms with van der Waals surface area (Å²) in [6.45, 7) is 7.13. The standard InChI is InChI=1S/C10H21NO3.C5H11NO3.C2H6/c1-2-3-4-5-10(14)11(6-8-12)7-9-13;7-3-1-6(5-9)2-4-8;1-2/h12-13H,2-9H2,1H3;5,7-8H,1-4H2;1-2H3. The molecule has 0 aromatic heterocycles. The molecule has 2 amide bonds. The molecule has 0 aliphatic rings. The number of amides is 2. The third-order valence-electron chi connectivity index (χ3n) is 3.01. The molecule has 0 aromatic carbocycles. The third kappa shape index (κ3) is 20.7. The maximum Gasteiger partial charge on any atom is 0.222 e. The zero-order chi connectivity index (χ0) is 19.9. The summed E-state index contributed by atoms with van der Waals surface area (Å²) in [5, 5.41) is 34.0. The van der Waals surface area contributed by atoms with Crippen LogP contribution in [-0.4, -0.2) is 95.1 Å². The fourth-order valence-corrected chi connectivity index (χ4v) is 1.76. The third-order valence-corrected chi connectivity index (χ3v) is 3.01. The molecule has 0 aliphatic heterocycles. The Kier molecular flexibility index (Phi) is 28.6. The van der Waals surface area contributed by atoms with Gasteiger partial charge in [-0.05, 0) is 6.42 Å². The van der Waals surface area contributed by atoms with Crippen LogP contribution < -0.4 is 0 Å². The minimum Gasteiger partial charge on any atom is -0.395 e. The van der Waals surface area contributed by atoms with Gasteiger partial charge in [0.1, 0.15) is 0 Å². The van der Waals surface area contributed by atoms with Gasteiger partial charge in [0.05, 0.1) is 26.4 Å². The first-order chi connectivity index (χ1) is 12.1. The molecule has 0 saturated carbocycles. The van der Waals surface area contributed by atoms with Crippen molar-refractivity contribution >= 4 is 12.3 Å². The second-order valence-electron chi connectivity index (χ2n) is 4.87. The van der Waals surface area contributed by atoms with Gasteiger partial charge in [0.25, 0.3) is 0 Å². The highest BCUT2D eigenvalue weighted by atomic mass is 16.3. The van der Waals surface area contributed by atoms with Crippen LogP contribution in [0.5, 0.6) is 0 Å². The molecule has 0 aliphatic carbocycles. The number of carbonyl (C=O) groups is 2. The van der Waals surface area contributed by atoms with Gasteiger partial charge < -0.3 is 30.2 Å². The summed E-state index contributed by atoms with van der Waals surface area (Å²) in [4.78, 5) is 24.3. The smallest absolute Gasteiger partial charge is 0.222 e. The topological polar surface area (TPSA) is 122 Å². The number of hydrogen-bond acceptors (Lipinski definition) is 6. The minimum absolute atomic E-state index is 0.0292. The Morgan fingerprint density at radius 2 is 1.28 bits per heavy atom. The van der Waals surface area contributed by atoms with Crippen LogP contribution in [0.15, 0.2) is 0 Å². The lowest BCUT2D eigenvalue weighted by molar-refractivity contribution is -0.132. The summed E-state index contributed by atoms with van der Waals surface area (Å²) < 4.78 is 0. The lowest BCUT2D eigenvalue weighted by atomic mass is 10.2. The van der Waals surface area contributed by atoms with E-state index in [4.69, 9.17) is 20.4 Å². The Hall–Kier alpha value is -1.22. The SMILES string of the molecule is CC.CCCCCC(=O)N(CCO)CCO.O=CN(CCO)CCO. The van der Waals surface area contributed by atoms with E-state index in [0.717, 1.165) is 19.3 Å². The van der Waals surface area contributed by atoms with Gasteiger partial charge >= 0.3 is 0 Å². The van der Waals surface area contributed by atoms with Gasteiger partial charge in [-0.25, -0.2) is 0 Å². The van der Waals surface area contributed by atoms with Crippen LogP contribution in [0.25, 0.3) is 0 Å². The summed E-state index contributed by atoms with van der Waals surface area (Å²) in [7, 11) is 0. The van der Waals surface area contributed by atoms with Crippen molar-refractivity contribution in [2.75, 3.05) is 52.6 Å². The van der Waals surface area contributed by atoms with Crippen LogP contribution in [0.1, 0.15) is 46.5 Å². The molecule has 0 saturated heterocycles. The molecular formula is C17H38N2O6. The van der Waals surface area contributed by atoms with Crippen LogP contribution in [0.4, 0.5) is 0 Å². The van der Waals surface area contributed by atoms with Crippen molar-refractivity contribution in [3.05, 3.63) is 0 Å². The number of rotatable bonds is 13. The first kappa shape index (κ1) is 28.6. The van der Waals surface area contributed by atoms with Crippen LogP contribution in [0.2, 0.25) is 0 Å². The van der Waals surface area contributed by atoms with Gasteiger partial charge in [-0.3, -0.25) is 9.59 Å². The van der Waals surface area contributed by atoms with Crippen molar-refractivity contribution in [1.29, 1.82) is 0 Å². The summed E-state index contributed by atoms with van der Waals surface area (Å²) in [6.07, 6.45) is 4.16. The van der Waals surface area contributed by atoms with Crippen LogP contribution in [0.3, 0.4) is 0 Å². The normalized spacial score (nSPS) is 9.24. The van der Waals surface area contributed by atoms with Crippen LogP contribution in [-0.2, 0) is 9.59 Å². The Morgan fingerprint density at radius 1 is 0.840 bits per heavy atom. The molecule has 0 unspecified atom stereocenters. The molecule has 0 spiro atoms. The summed E-state index contributed by atoms with van der Waals surface area (Å²) >= 11 is 0. The zero-order valence-electron chi connectivity index (χ0n) is 16.1. The van der Waals surface area contributed by atoms with Crippen molar-refractivity contribution < 1.29 is 30.0 Å². The average Bonchev–Trinajstić information content (AvgIpc) is 2.63. The molecule has 152 valence electrons. The largest absolute Gasteiger partial charge is 0.395 e. The Labute approximate surface area is 152 Å². The van der Waals surface area contributed by atoms with E-state index in [1.165, 1.54) is 9.80 Å². The molecule has 0 fully saturated rings. The summed E-state index contributed by atoms with van der Waals surface area (Å²) in [5.41, 5.74) is 0. The average molecular weight is 366 g/mol. The van der Waals surface area contributed by atoms with E-state index < -0.39 is 0 Å². The molecule has 0 rings (SSSR count). The number of carbonyl (C=O) groups excluding carboxylic acids is 2. The number of aliphatic hydroxyl groups excluding tert-OH is 4. The van der Waals surface area contributed by atoms with Crippen LogP contribution in [0, 0.1) is 0 Å². The maximum absolute atomic E-state index is 11.5. The predicted molar refractivity (Wildman–Crippen MR) is 98.1 cm³/mol. The maximum atomic E-state index is 11.5. The highest BCUT2D eigenvalue weighted by Gasteiger charge is 2.11. The first-order valence-corrected chi connectivity index (χ1v) is 9.01. The molecule has 0 aromatic rings. The van der Waals surface area contributed by atoms with E-state index in [2.05, 4.69) is 6.92 Å². The second-order valence-corrected chi connectivity index (χ2v) is 4.87. The minimum atomic E-state index is -0.0568. The molecule has 25 heavy (non-hydrogen) atoms. The van der Waals surface area contributed by atoms with Gasteiger partial charge in [0.2, 0.25) is 12.3 Å². The van der Waals surface area contributed by atoms with Gasteiger partial charge in [0, 0.05) is 32.6 Å². The molecular weight excluding hydrogens is 328 g/mol. The fraction of sp³-hybridized carbons (Fsp3) is 0.882. The molecule has 4 N–H and O–H groups in total. The highest BCUT2D eigenvalue weighted by Crippen LogP contribution is 2.02. The van der Waals surface area contributed by atoms with E-state index in [1.807, 2.05) is 13.8 Å². The second kappa shape index (κ2) is 25.0. The van der Waals surface area contributed by atoms with Crippen LogP contribution >= 0.6 is 0 Å². The van der Waals surface area contributed by atoms with E-state index >= 15 is 0 Å². The predicted octanol–water partition coefficient (Wildman–Crippen LogP) is -0.164.